The zero-order chi connectivity index (χ0) is 15.3. The minimum Gasteiger partial charge on any atom is -0.352 e. The normalized spacial score (nSPS) is 21.4. The molecule has 1 heterocycles. The maximum atomic E-state index is 12.0. The second-order valence-electron chi connectivity index (χ2n) is 5.49. The topological polar surface area (TPSA) is 92.5 Å². The minimum absolute atomic E-state index is 0.0286. The van der Waals surface area contributed by atoms with Crippen LogP contribution in [0.4, 0.5) is 0 Å². The quantitative estimate of drug-likeness (QED) is 0.737. The van der Waals surface area contributed by atoms with Gasteiger partial charge in [0, 0.05) is 19.1 Å². The highest BCUT2D eigenvalue weighted by atomic mass is 32.2. The Hall–Kier alpha value is -0.660. The van der Waals surface area contributed by atoms with Gasteiger partial charge >= 0.3 is 0 Å². The van der Waals surface area contributed by atoms with Gasteiger partial charge in [0.2, 0.25) is 15.9 Å². The summed E-state index contributed by atoms with van der Waals surface area (Å²) < 4.78 is 25.0. The minimum atomic E-state index is -3.11. The zero-order valence-corrected chi connectivity index (χ0v) is 13.4. The molecule has 1 aliphatic heterocycles. The van der Waals surface area contributed by atoms with E-state index in [4.69, 9.17) is 5.73 Å². The fourth-order valence-electron chi connectivity index (χ4n) is 2.27. The number of nitrogens with one attached hydrogen (secondary N) is 1. The van der Waals surface area contributed by atoms with Crippen LogP contribution in [0.2, 0.25) is 0 Å². The summed E-state index contributed by atoms with van der Waals surface area (Å²) in [7, 11) is -3.11. The number of hydrogen-bond acceptors (Lipinski definition) is 4. The largest absolute Gasteiger partial charge is 0.352 e. The molecule has 20 heavy (non-hydrogen) atoms. The van der Waals surface area contributed by atoms with E-state index in [-0.39, 0.29) is 23.6 Å². The fraction of sp³-hybridized carbons (Fsp3) is 0.923. The van der Waals surface area contributed by atoms with E-state index in [1.807, 2.05) is 13.8 Å². The maximum absolute atomic E-state index is 12.0. The van der Waals surface area contributed by atoms with Crippen LogP contribution in [0.15, 0.2) is 0 Å². The van der Waals surface area contributed by atoms with Gasteiger partial charge in [-0.2, -0.15) is 0 Å². The first-order chi connectivity index (χ1) is 9.31. The average Bonchev–Trinajstić information content (AvgIpc) is 2.46. The molecule has 0 bridgehead atoms. The Morgan fingerprint density at radius 3 is 2.35 bits per heavy atom. The summed E-state index contributed by atoms with van der Waals surface area (Å²) in [4.78, 5) is 12.0. The third-order valence-corrected chi connectivity index (χ3v) is 6.00. The lowest BCUT2D eigenvalue weighted by atomic mass is 9.98. The van der Waals surface area contributed by atoms with Crippen LogP contribution in [0.25, 0.3) is 0 Å². The highest BCUT2D eigenvalue weighted by molar-refractivity contribution is 7.89. The first-order valence-electron chi connectivity index (χ1n) is 7.35. The summed E-state index contributed by atoms with van der Waals surface area (Å²) in [6, 6.07) is -0.460. The molecule has 118 valence electrons. The van der Waals surface area contributed by atoms with Crippen molar-refractivity contribution in [3.8, 4) is 0 Å². The summed E-state index contributed by atoms with van der Waals surface area (Å²) in [5.41, 5.74) is 5.89. The molecule has 0 aromatic heterocycles. The van der Waals surface area contributed by atoms with Crippen molar-refractivity contribution in [1.29, 1.82) is 0 Å². The monoisotopic (exact) mass is 305 g/mol. The van der Waals surface area contributed by atoms with Crippen molar-refractivity contribution in [3.05, 3.63) is 0 Å². The van der Waals surface area contributed by atoms with Gasteiger partial charge in [0.1, 0.15) is 0 Å². The van der Waals surface area contributed by atoms with Crippen molar-refractivity contribution in [2.24, 2.45) is 11.7 Å². The van der Waals surface area contributed by atoms with Crippen molar-refractivity contribution in [2.75, 3.05) is 18.8 Å². The number of hydrogen-bond donors (Lipinski definition) is 2. The first-order valence-corrected chi connectivity index (χ1v) is 8.96. The molecule has 2 unspecified atom stereocenters. The number of nitrogens with two attached hydrogens (primary N) is 1. The molecular formula is C13H27N3O3S. The summed E-state index contributed by atoms with van der Waals surface area (Å²) >= 11 is 0. The molecule has 0 aromatic carbocycles. The van der Waals surface area contributed by atoms with Crippen molar-refractivity contribution < 1.29 is 13.2 Å². The van der Waals surface area contributed by atoms with Crippen LogP contribution < -0.4 is 11.1 Å². The Labute approximate surface area is 122 Å². The number of sulfonamides is 1. The molecule has 1 aliphatic rings. The van der Waals surface area contributed by atoms with Crippen molar-refractivity contribution >= 4 is 15.9 Å². The molecule has 6 nitrogen and oxygen atoms in total. The van der Waals surface area contributed by atoms with Crippen LogP contribution in [-0.2, 0) is 14.8 Å². The Balaban J connectivity index is 2.45. The van der Waals surface area contributed by atoms with Gasteiger partial charge in [0.25, 0.3) is 0 Å². The average molecular weight is 305 g/mol. The number of rotatable bonds is 6. The van der Waals surface area contributed by atoms with E-state index in [9.17, 15) is 13.2 Å². The van der Waals surface area contributed by atoms with Gasteiger partial charge in [-0.1, -0.05) is 20.3 Å². The van der Waals surface area contributed by atoms with Crippen LogP contribution in [0.3, 0.4) is 0 Å². The Kier molecular flexibility index (Phi) is 6.42. The molecule has 0 aromatic rings. The highest BCUT2D eigenvalue weighted by Crippen LogP contribution is 2.15. The van der Waals surface area contributed by atoms with E-state index in [0.717, 1.165) is 6.42 Å². The zero-order valence-electron chi connectivity index (χ0n) is 12.6. The van der Waals surface area contributed by atoms with E-state index >= 15 is 0 Å². The van der Waals surface area contributed by atoms with E-state index in [1.165, 1.54) is 4.31 Å². The lowest BCUT2D eigenvalue weighted by Crippen LogP contribution is -2.52. The maximum Gasteiger partial charge on any atom is 0.237 e. The molecule has 0 saturated carbocycles. The predicted octanol–water partition coefficient (Wildman–Crippen LogP) is 0.290. The molecule has 2 atom stereocenters. The van der Waals surface area contributed by atoms with E-state index in [0.29, 0.717) is 25.9 Å². The van der Waals surface area contributed by atoms with Crippen LogP contribution in [0.5, 0.6) is 0 Å². The van der Waals surface area contributed by atoms with Gasteiger partial charge in [-0.3, -0.25) is 4.79 Å². The molecule has 0 aliphatic carbocycles. The molecule has 0 spiro atoms. The molecule has 3 N–H and O–H groups in total. The van der Waals surface area contributed by atoms with Crippen molar-refractivity contribution in [2.45, 2.75) is 52.1 Å². The standard InChI is InChI=1S/C13H27N3O3S/c1-4-10(3)12(14)13(17)15-11-6-8-16(9-7-11)20(18,19)5-2/h10-12H,4-9,14H2,1-3H3,(H,15,17). The van der Waals surface area contributed by atoms with E-state index in [2.05, 4.69) is 5.32 Å². The fourth-order valence-corrected chi connectivity index (χ4v) is 3.40. The van der Waals surface area contributed by atoms with Crippen LogP contribution >= 0.6 is 0 Å². The van der Waals surface area contributed by atoms with Crippen molar-refractivity contribution in [3.63, 3.8) is 0 Å². The van der Waals surface area contributed by atoms with Crippen LogP contribution in [0, 0.1) is 5.92 Å². The molecule has 1 saturated heterocycles. The SMILES string of the molecule is CCC(C)C(N)C(=O)NC1CCN(S(=O)(=O)CC)CC1. The van der Waals surface area contributed by atoms with Gasteiger partial charge in [-0.25, -0.2) is 12.7 Å². The van der Waals surface area contributed by atoms with Gasteiger partial charge in [0.15, 0.2) is 0 Å². The number of carbonyl (C=O) groups is 1. The van der Waals surface area contributed by atoms with E-state index in [1.54, 1.807) is 6.92 Å². The number of piperidine rings is 1. The molecule has 1 amide bonds. The summed E-state index contributed by atoms with van der Waals surface area (Å²) in [6.07, 6.45) is 2.16. The number of nitrogens with zero attached hydrogens (tertiary/aromatic N) is 1. The van der Waals surface area contributed by atoms with Gasteiger partial charge in [-0.05, 0) is 25.7 Å². The number of amides is 1. The van der Waals surface area contributed by atoms with Crippen LogP contribution in [0.1, 0.15) is 40.0 Å². The Morgan fingerprint density at radius 1 is 1.35 bits per heavy atom. The predicted molar refractivity (Wildman–Crippen MR) is 79.6 cm³/mol. The van der Waals surface area contributed by atoms with Crippen molar-refractivity contribution in [1.82, 2.24) is 9.62 Å². The summed E-state index contributed by atoms with van der Waals surface area (Å²) in [5, 5.41) is 2.94. The van der Waals surface area contributed by atoms with Gasteiger partial charge in [-0.15, -0.1) is 0 Å². The second-order valence-corrected chi connectivity index (χ2v) is 7.75. The summed E-state index contributed by atoms with van der Waals surface area (Å²) in [5.74, 6) is 0.148. The number of carbonyl (C=O) groups excluding carboxylic acids is 1. The van der Waals surface area contributed by atoms with Gasteiger partial charge < -0.3 is 11.1 Å². The molecule has 7 heteroatoms. The summed E-state index contributed by atoms with van der Waals surface area (Å²) in [6.45, 7) is 6.56. The highest BCUT2D eigenvalue weighted by Gasteiger charge is 2.29. The Morgan fingerprint density at radius 2 is 1.90 bits per heavy atom. The smallest absolute Gasteiger partial charge is 0.237 e. The third-order valence-electron chi connectivity index (χ3n) is 4.12. The molecule has 1 rings (SSSR count). The lowest BCUT2D eigenvalue weighted by molar-refractivity contribution is -0.124. The third kappa shape index (κ3) is 4.43. The Bertz CT molecular complexity index is 417. The van der Waals surface area contributed by atoms with Crippen LogP contribution in [-0.4, -0.2) is 49.6 Å². The first kappa shape index (κ1) is 17.4. The molecule has 1 fully saturated rings. The lowest BCUT2D eigenvalue weighted by Gasteiger charge is -2.32. The van der Waals surface area contributed by atoms with E-state index < -0.39 is 16.1 Å². The molecule has 0 radical (unpaired) electrons. The van der Waals surface area contributed by atoms with Gasteiger partial charge in [0.05, 0.1) is 11.8 Å². The molecular weight excluding hydrogens is 278 g/mol. The second kappa shape index (κ2) is 7.38.